The standard InChI is InChI=1S/C13H11Cl2N3O4/c1-2-17-11(20)12(21)18(13(17)22)6-10(19)16-9-4-7(14)3-8(15)5-9/h3-5H,2,6H2,1H3,(H,16,19). The summed E-state index contributed by atoms with van der Waals surface area (Å²) in [6.45, 7) is 1.05. The summed E-state index contributed by atoms with van der Waals surface area (Å²) in [7, 11) is 0. The highest BCUT2D eigenvalue weighted by atomic mass is 35.5. The molecular weight excluding hydrogens is 333 g/mol. The monoisotopic (exact) mass is 343 g/mol. The molecule has 0 saturated carbocycles. The minimum Gasteiger partial charge on any atom is -0.324 e. The van der Waals surface area contributed by atoms with Crippen molar-refractivity contribution in [2.24, 2.45) is 0 Å². The molecule has 1 aromatic rings. The highest BCUT2D eigenvalue weighted by Gasteiger charge is 2.44. The van der Waals surface area contributed by atoms with E-state index in [1.165, 1.54) is 18.2 Å². The van der Waals surface area contributed by atoms with Crippen molar-refractivity contribution in [1.82, 2.24) is 9.80 Å². The topological polar surface area (TPSA) is 86.8 Å². The second-order valence-electron chi connectivity index (χ2n) is 4.43. The molecule has 7 nitrogen and oxygen atoms in total. The van der Waals surface area contributed by atoms with Gasteiger partial charge in [0.2, 0.25) is 5.91 Å². The molecule has 22 heavy (non-hydrogen) atoms. The van der Waals surface area contributed by atoms with Gasteiger partial charge in [-0.2, -0.15) is 0 Å². The smallest absolute Gasteiger partial charge is 0.324 e. The first-order chi connectivity index (χ1) is 10.3. The molecule has 2 rings (SSSR count). The molecule has 1 saturated heterocycles. The van der Waals surface area contributed by atoms with Gasteiger partial charge in [-0.05, 0) is 25.1 Å². The van der Waals surface area contributed by atoms with Crippen LogP contribution in [0.3, 0.4) is 0 Å². The van der Waals surface area contributed by atoms with E-state index in [0.717, 1.165) is 4.90 Å². The highest BCUT2D eigenvalue weighted by molar-refractivity contribution is 6.45. The number of carbonyl (C=O) groups is 4. The molecule has 116 valence electrons. The number of nitrogens with one attached hydrogen (secondary N) is 1. The number of urea groups is 1. The summed E-state index contributed by atoms with van der Waals surface area (Å²) in [6.07, 6.45) is 0. The lowest BCUT2D eigenvalue weighted by Crippen LogP contribution is -2.38. The van der Waals surface area contributed by atoms with E-state index < -0.39 is 30.3 Å². The van der Waals surface area contributed by atoms with Gasteiger partial charge in [-0.1, -0.05) is 23.2 Å². The minimum atomic E-state index is -1.02. The third-order valence-corrected chi connectivity index (χ3v) is 3.34. The van der Waals surface area contributed by atoms with E-state index in [4.69, 9.17) is 23.2 Å². The number of halogens is 2. The number of imide groups is 2. The van der Waals surface area contributed by atoms with Crippen molar-refractivity contribution in [2.45, 2.75) is 6.92 Å². The van der Waals surface area contributed by atoms with Gasteiger partial charge in [-0.15, -0.1) is 0 Å². The van der Waals surface area contributed by atoms with Gasteiger partial charge in [-0.3, -0.25) is 19.3 Å². The van der Waals surface area contributed by atoms with Crippen molar-refractivity contribution in [3.63, 3.8) is 0 Å². The van der Waals surface area contributed by atoms with Crippen LogP contribution in [0, 0.1) is 0 Å². The molecule has 0 spiro atoms. The molecule has 0 atom stereocenters. The van der Waals surface area contributed by atoms with Crippen molar-refractivity contribution in [3.05, 3.63) is 28.2 Å². The molecule has 1 heterocycles. The third kappa shape index (κ3) is 3.20. The average Bonchev–Trinajstić information content (AvgIpc) is 2.61. The first-order valence-corrected chi connectivity index (χ1v) is 7.02. The number of hydrogen-bond acceptors (Lipinski definition) is 4. The Morgan fingerprint density at radius 3 is 2.09 bits per heavy atom. The zero-order chi connectivity index (χ0) is 16.4. The summed E-state index contributed by atoms with van der Waals surface area (Å²) in [5, 5.41) is 3.10. The molecule has 9 heteroatoms. The Kier molecular flexibility index (Phi) is 4.68. The lowest BCUT2D eigenvalue weighted by atomic mass is 10.3. The number of likely N-dealkylation sites (N-methyl/N-ethyl adjacent to an activating group) is 1. The Morgan fingerprint density at radius 1 is 1.05 bits per heavy atom. The van der Waals surface area contributed by atoms with Crippen LogP contribution in [0.5, 0.6) is 0 Å². The molecule has 0 radical (unpaired) electrons. The van der Waals surface area contributed by atoms with E-state index in [2.05, 4.69) is 5.32 Å². The van der Waals surface area contributed by atoms with E-state index in [1.807, 2.05) is 0 Å². The largest absolute Gasteiger partial charge is 0.334 e. The van der Waals surface area contributed by atoms with Crippen LogP contribution in [0.4, 0.5) is 10.5 Å². The Labute approximate surface area is 135 Å². The second kappa shape index (κ2) is 6.33. The predicted molar refractivity (Wildman–Crippen MR) is 79.6 cm³/mol. The van der Waals surface area contributed by atoms with Crippen LogP contribution in [0.2, 0.25) is 10.0 Å². The molecule has 0 bridgehead atoms. The maximum absolute atomic E-state index is 11.9. The van der Waals surface area contributed by atoms with Crippen LogP contribution >= 0.6 is 23.2 Å². The number of hydrogen-bond donors (Lipinski definition) is 1. The van der Waals surface area contributed by atoms with Gasteiger partial charge in [0.25, 0.3) is 0 Å². The lowest BCUT2D eigenvalue weighted by molar-refractivity contribution is -0.143. The van der Waals surface area contributed by atoms with Crippen LogP contribution in [-0.4, -0.2) is 46.6 Å². The minimum absolute atomic E-state index is 0.0609. The van der Waals surface area contributed by atoms with Crippen molar-refractivity contribution >= 4 is 52.6 Å². The molecule has 1 aliphatic rings. The van der Waals surface area contributed by atoms with Crippen LogP contribution in [-0.2, 0) is 14.4 Å². The maximum atomic E-state index is 11.9. The maximum Gasteiger partial charge on any atom is 0.334 e. The normalized spacial score (nSPS) is 14.8. The summed E-state index contributed by atoms with van der Waals surface area (Å²) in [4.78, 5) is 48.3. The van der Waals surface area contributed by atoms with Crippen molar-refractivity contribution in [1.29, 1.82) is 0 Å². The number of carbonyl (C=O) groups excluding carboxylic acids is 4. The van der Waals surface area contributed by atoms with Gasteiger partial charge in [0, 0.05) is 22.3 Å². The Balaban J connectivity index is 2.07. The zero-order valence-electron chi connectivity index (χ0n) is 11.4. The molecular formula is C13H11Cl2N3O4. The Hall–Kier alpha value is -2.12. The van der Waals surface area contributed by atoms with Gasteiger partial charge >= 0.3 is 17.8 Å². The van der Waals surface area contributed by atoms with Crippen LogP contribution in [0.1, 0.15) is 6.92 Å². The molecule has 5 amide bonds. The summed E-state index contributed by atoms with van der Waals surface area (Å²) in [6, 6.07) is 3.60. The van der Waals surface area contributed by atoms with Gasteiger partial charge in [0.1, 0.15) is 6.54 Å². The zero-order valence-corrected chi connectivity index (χ0v) is 12.9. The molecule has 1 N–H and O–H groups in total. The van der Waals surface area contributed by atoms with E-state index >= 15 is 0 Å². The fourth-order valence-corrected chi connectivity index (χ4v) is 2.46. The summed E-state index contributed by atoms with van der Waals surface area (Å²) in [5.41, 5.74) is 0.320. The molecule has 1 aliphatic heterocycles. The first-order valence-electron chi connectivity index (χ1n) is 6.26. The number of amides is 5. The van der Waals surface area contributed by atoms with Gasteiger partial charge in [0.05, 0.1) is 0 Å². The molecule has 1 fully saturated rings. The van der Waals surface area contributed by atoms with Crippen molar-refractivity contribution < 1.29 is 19.2 Å². The van der Waals surface area contributed by atoms with Gasteiger partial charge in [-0.25, -0.2) is 9.69 Å². The molecule has 0 aliphatic carbocycles. The quantitative estimate of drug-likeness (QED) is 0.666. The first kappa shape index (κ1) is 16.3. The molecule has 1 aromatic carbocycles. The van der Waals surface area contributed by atoms with Crippen LogP contribution in [0.15, 0.2) is 18.2 Å². The van der Waals surface area contributed by atoms with E-state index in [0.29, 0.717) is 20.6 Å². The van der Waals surface area contributed by atoms with E-state index in [1.54, 1.807) is 6.92 Å². The number of benzene rings is 1. The fraction of sp³-hybridized carbons (Fsp3) is 0.231. The van der Waals surface area contributed by atoms with Gasteiger partial charge < -0.3 is 5.32 Å². The lowest BCUT2D eigenvalue weighted by Gasteiger charge is -2.14. The number of rotatable bonds is 4. The second-order valence-corrected chi connectivity index (χ2v) is 5.30. The van der Waals surface area contributed by atoms with Crippen LogP contribution in [0.25, 0.3) is 0 Å². The number of anilines is 1. The predicted octanol–water partition coefficient (Wildman–Crippen LogP) is 1.74. The van der Waals surface area contributed by atoms with Crippen molar-refractivity contribution in [2.75, 3.05) is 18.4 Å². The van der Waals surface area contributed by atoms with Crippen molar-refractivity contribution in [3.8, 4) is 0 Å². The SMILES string of the molecule is CCN1C(=O)C(=O)N(CC(=O)Nc2cc(Cl)cc(Cl)c2)C1=O. The highest BCUT2D eigenvalue weighted by Crippen LogP contribution is 2.22. The summed E-state index contributed by atoms with van der Waals surface area (Å²) in [5.74, 6) is -2.61. The summed E-state index contributed by atoms with van der Waals surface area (Å²) >= 11 is 11.6. The molecule has 0 unspecified atom stereocenters. The van der Waals surface area contributed by atoms with E-state index in [-0.39, 0.29) is 6.54 Å². The summed E-state index contributed by atoms with van der Waals surface area (Å²) < 4.78 is 0. The molecule has 0 aromatic heterocycles. The Morgan fingerprint density at radius 2 is 1.59 bits per heavy atom. The van der Waals surface area contributed by atoms with Crippen LogP contribution < -0.4 is 5.32 Å². The third-order valence-electron chi connectivity index (χ3n) is 2.90. The van der Waals surface area contributed by atoms with E-state index in [9.17, 15) is 19.2 Å². The van der Waals surface area contributed by atoms with Gasteiger partial charge in [0.15, 0.2) is 0 Å². The fourth-order valence-electron chi connectivity index (χ4n) is 1.94. The average molecular weight is 344 g/mol. The Bertz CT molecular complexity index is 657. The number of nitrogens with zero attached hydrogens (tertiary/aromatic N) is 2.